The van der Waals surface area contributed by atoms with Crippen molar-refractivity contribution in [3.8, 4) is 0 Å². The van der Waals surface area contributed by atoms with Gasteiger partial charge in [-0.1, -0.05) is 33.6 Å². The molecule has 0 aromatic heterocycles. The summed E-state index contributed by atoms with van der Waals surface area (Å²) in [5.41, 5.74) is -0.897. The minimum absolute atomic E-state index is 0.105. The van der Waals surface area contributed by atoms with E-state index in [1.54, 1.807) is 0 Å². The summed E-state index contributed by atoms with van der Waals surface area (Å²) in [5.74, 6) is 2.67. The van der Waals surface area contributed by atoms with Crippen molar-refractivity contribution in [2.75, 3.05) is 0 Å². The molecule has 0 heterocycles. The van der Waals surface area contributed by atoms with E-state index in [0.717, 1.165) is 38.5 Å². The molecule has 5 saturated carbocycles. The molecule has 10 atom stereocenters. The van der Waals surface area contributed by atoms with Crippen LogP contribution in [0.15, 0.2) is 0 Å². The number of esters is 1. The fraction of sp³-hybridized carbons (Fsp3) is 0.929. The first-order chi connectivity index (χ1) is 15.0. The molecule has 0 aromatic rings. The molecule has 5 rings (SSSR count). The molecule has 180 valence electrons. The van der Waals surface area contributed by atoms with Crippen LogP contribution in [-0.2, 0) is 14.3 Å². The number of ketones is 1. The number of fused-ring (bicyclic) bond motifs is 7. The Bertz CT molecular complexity index is 807. The van der Waals surface area contributed by atoms with E-state index in [2.05, 4.69) is 20.8 Å². The van der Waals surface area contributed by atoms with Crippen molar-refractivity contribution in [1.82, 2.24) is 0 Å². The van der Waals surface area contributed by atoms with Crippen LogP contribution in [0.4, 0.5) is 0 Å². The lowest BCUT2D eigenvalue weighted by molar-refractivity contribution is -0.248. The number of Topliss-reactive ketones (excluding diaryl/α,β-unsaturated/α-hetero) is 1. The Balaban J connectivity index is 1.49. The quantitative estimate of drug-likeness (QED) is 0.555. The van der Waals surface area contributed by atoms with Gasteiger partial charge in [-0.2, -0.15) is 0 Å². The van der Waals surface area contributed by atoms with Crippen molar-refractivity contribution in [1.29, 1.82) is 0 Å². The van der Waals surface area contributed by atoms with E-state index in [1.807, 2.05) is 6.92 Å². The van der Waals surface area contributed by atoms with E-state index >= 15 is 0 Å². The van der Waals surface area contributed by atoms with Gasteiger partial charge in [-0.3, -0.25) is 9.59 Å². The van der Waals surface area contributed by atoms with Gasteiger partial charge < -0.3 is 9.84 Å². The molecule has 4 nitrogen and oxygen atoms in total. The van der Waals surface area contributed by atoms with Crippen LogP contribution in [0, 0.1) is 45.8 Å². The fourth-order valence-corrected chi connectivity index (χ4v) is 10.8. The highest BCUT2D eigenvalue weighted by molar-refractivity contribution is 5.84. The van der Waals surface area contributed by atoms with Crippen LogP contribution >= 0.6 is 0 Å². The van der Waals surface area contributed by atoms with Crippen LogP contribution < -0.4 is 0 Å². The molecule has 0 aromatic carbocycles. The molecular weight excluding hydrogens is 400 g/mol. The molecule has 1 unspecified atom stereocenters. The number of aliphatic hydroxyl groups is 1. The van der Waals surface area contributed by atoms with Gasteiger partial charge >= 0.3 is 5.97 Å². The average molecular weight is 445 g/mol. The SMILES string of the molecule is CC(=O)O[C@H]1CC[C@]2(C)C3CC[C@@]4(C)[C@@H](C[C@H]5CCCC[C@]54C(C)=O)[C@@H]3C[C@H](C)[C@@]2(O)C1. The number of hydrogen-bond acceptors (Lipinski definition) is 4. The Morgan fingerprint density at radius 2 is 1.62 bits per heavy atom. The zero-order chi connectivity index (χ0) is 23.1. The lowest BCUT2D eigenvalue weighted by Crippen LogP contribution is -2.66. The highest BCUT2D eigenvalue weighted by Crippen LogP contribution is 2.75. The predicted octanol–water partition coefficient (Wildman–Crippen LogP) is 5.70. The van der Waals surface area contributed by atoms with Crippen LogP contribution in [0.1, 0.15) is 105 Å². The second-order valence-corrected chi connectivity index (χ2v) is 13.0. The molecule has 0 radical (unpaired) electrons. The first-order valence-electron chi connectivity index (χ1n) is 13.4. The molecule has 0 spiro atoms. The van der Waals surface area contributed by atoms with Crippen LogP contribution in [0.25, 0.3) is 0 Å². The molecule has 0 aliphatic heterocycles. The molecule has 4 heteroatoms. The van der Waals surface area contributed by atoms with Crippen LogP contribution in [0.2, 0.25) is 0 Å². The predicted molar refractivity (Wildman–Crippen MR) is 124 cm³/mol. The summed E-state index contributed by atoms with van der Waals surface area (Å²) in [6.45, 7) is 10.4. The summed E-state index contributed by atoms with van der Waals surface area (Å²) < 4.78 is 5.59. The summed E-state index contributed by atoms with van der Waals surface area (Å²) >= 11 is 0. The summed E-state index contributed by atoms with van der Waals surface area (Å²) in [4.78, 5) is 24.9. The molecular formula is C28H44O4. The summed E-state index contributed by atoms with van der Waals surface area (Å²) in [7, 11) is 0. The van der Waals surface area contributed by atoms with Gasteiger partial charge in [0.05, 0.1) is 5.60 Å². The van der Waals surface area contributed by atoms with E-state index in [0.29, 0.717) is 35.9 Å². The van der Waals surface area contributed by atoms with Crippen molar-refractivity contribution in [3.05, 3.63) is 0 Å². The van der Waals surface area contributed by atoms with E-state index in [4.69, 9.17) is 4.74 Å². The number of rotatable bonds is 2. The van der Waals surface area contributed by atoms with Crippen molar-refractivity contribution < 1.29 is 19.4 Å². The van der Waals surface area contributed by atoms with Crippen LogP contribution in [0.5, 0.6) is 0 Å². The zero-order valence-corrected chi connectivity index (χ0v) is 20.9. The van der Waals surface area contributed by atoms with Crippen molar-refractivity contribution >= 4 is 11.8 Å². The molecule has 32 heavy (non-hydrogen) atoms. The second kappa shape index (κ2) is 7.30. The summed E-state index contributed by atoms with van der Waals surface area (Å²) in [6, 6.07) is 0. The molecule has 5 aliphatic carbocycles. The van der Waals surface area contributed by atoms with E-state index < -0.39 is 5.60 Å². The molecule has 0 amide bonds. The van der Waals surface area contributed by atoms with Gasteiger partial charge in [0.25, 0.3) is 0 Å². The topological polar surface area (TPSA) is 63.6 Å². The molecule has 5 fully saturated rings. The lowest BCUT2D eigenvalue weighted by atomic mass is 9.40. The third-order valence-corrected chi connectivity index (χ3v) is 12.2. The van der Waals surface area contributed by atoms with E-state index in [9.17, 15) is 14.7 Å². The standard InChI is InChI=1S/C28H44O4/c1-17-14-22-23(26(5)12-9-21(32-19(3)30)16-28(17,26)31)10-13-25(4)24(22)15-20-8-6-7-11-27(20,25)18(2)29/h17,20-24,31H,6-16H2,1-5H3/t17-,20+,21-,22+,23?,24-,25-,26+,27-,28-/m0/s1. The number of carbonyl (C=O) groups is 2. The van der Waals surface area contributed by atoms with Crippen LogP contribution in [-0.4, -0.2) is 28.6 Å². The number of carbonyl (C=O) groups excluding carboxylic acids is 2. The maximum Gasteiger partial charge on any atom is 0.302 e. The van der Waals surface area contributed by atoms with Gasteiger partial charge in [0.15, 0.2) is 0 Å². The largest absolute Gasteiger partial charge is 0.462 e. The maximum atomic E-state index is 13.3. The Kier molecular flexibility index (Phi) is 5.22. The molecule has 1 N–H and O–H groups in total. The minimum Gasteiger partial charge on any atom is -0.462 e. The third kappa shape index (κ3) is 2.71. The monoisotopic (exact) mass is 444 g/mol. The zero-order valence-electron chi connectivity index (χ0n) is 20.9. The first-order valence-corrected chi connectivity index (χ1v) is 13.4. The summed E-state index contributed by atoms with van der Waals surface area (Å²) in [5, 5.41) is 12.1. The smallest absolute Gasteiger partial charge is 0.302 e. The Hall–Kier alpha value is -0.900. The fourth-order valence-electron chi connectivity index (χ4n) is 10.8. The Labute approximate surface area is 194 Å². The van der Waals surface area contributed by atoms with Gasteiger partial charge in [-0.15, -0.1) is 0 Å². The van der Waals surface area contributed by atoms with Gasteiger partial charge in [0.2, 0.25) is 0 Å². The minimum atomic E-state index is -0.774. The average Bonchev–Trinajstić information content (AvgIpc) is 3.00. The van der Waals surface area contributed by atoms with E-state index in [-0.39, 0.29) is 34.2 Å². The van der Waals surface area contributed by atoms with E-state index in [1.165, 1.54) is 32.6 Å². The summed E-state index contributed by atoms with van der Waals surface area (Å²) in [6.07, 6.45) is 11.5. The highest BCUT2D eigenvalue weighted by atomic mass is 16.5. The third-order valence-electron chi connectivity index (χ3n) is 12.2. The maximum absolute atomic E-state index is 13.3. The number of ether oxygens (including phenoxy) is 1. The Morgan fingerprint density at radius 1 is 0.906 bits per heavy atom. The van der Waals surface area contributed by atoms with Crippen LogP contribution in [0.3, 0.4) is 0 Å². The molecule has 5 aliphatic rings. The van der Waals surface area contributed by atoms with Gasteiger partial charge in [0.1, 0.15) is 11.9 Å². The van der Waals surface area contributed by atoms with Gasteiger partial charge in [0, 0.05) is 18.8 Å². The lowest BCUT2D eigenvalue weighted by Gasteiger charge is -2.66. The van der Waals surface area contributed by atoms with Gasteiger partial charge in [-0.05, 0) is 98.7 Å². The molecule has 0 saturated heterocycles. The van der Waals surface area contributed by atoms with Crippen molar-refractivity contribution in [3.63, 3.8) is 0 Å². The van der Waals surface area contributed by atoms with Crippen molar-refractivity contribution in [2.24, 2.45) is 45.8 Å². The first kappa shape index (κ1) is 22.9. The van der Waals surface area contributed by atoms with Gasteiger partial charge in [-0.25, -0.2) is 0 Å². The van der Waals surface area contributed by atoms with Crippen molar-refractivity contribution in [2.45, 2.75) is 117 Å². The second-order valence-electron chi connectivity index (χ2n) is 13.0. The normalized spacial score (nSPS) is 54.6. The molecule has 0 bridgehead atoms. The number of hydrogen-bond donors (Lipinski definition) is 1. The Morgan fingerprint density at radius 3 is 2.31 bits per heavy atom. The highest BCUT2D eigenvalue weighted by Gasteiger charge is 2.72.